The Bertz CT molecular complexity index is 911. The van der Waals surface area contributed by atoms with Crippen LogP contribution >= 0.6 is 11.3 Å². The maximum absolute atomic E-state index is 12.5. The first-order valence-corrected chi connectivity index (χ1v) is 9.86. The van der Waals surface area contributed by atoms with E-state index in [0.717, 1.165) is 33.1 Å². The van der Waals surface area contributed by atoms with Gasteiger partial charge in [-0.05, 0) is 38.9 Å². The number of amides is 1. The highest BCUT2D eigenvalue weighted by molar-refractivity contribution is 7.09. The van der Waals surface area contributed by atoms with E-state index in [4.69, 9.17) is 4.98 Å². The van der Waals surface area contributed by atoms with Gasteiger partial charge >= 0.3 is 0 Å². The van der Waals surface area contributed by atoms with Crippen molar-refractivity contribution < 1.29 is 4.79 Å². The molecular weight excluding hydrogens is 354 g/mol. The number of carbonyl (C=O) groups excluding carboxylic acids is 1. The van der Waals surface area contributed by atoms with Crippen molar-refractivity contribution in [1.29, 1.82) is 0 Å². The van der Waals surface area contributed by atoms with E-state index >= 15 is 0 Å². The van der Waals surface area contributed by atoms with Gasteiger partial charge in [-0.1, -0.05) is 48.0 Å². The second-order valence-corrected chi connectivity index (χ2v) is 7.93. The molecule has 4 nitrogen and oxygen atoms in total. The lowest BCUT2D eigenvalue weighted by molar-refractivity contribution is -0.117. The molecule has 1 amide bonds. The Morgan fingerprint density at radius 1 is 1.11 bits per heavy atom. The maximum Gasteiger partial charge on any atom is 0.238 e. The number of nitrogens with one attached hydrogen (secondary N) is 1. The topological polar surface area (TPSA) is 45.2 Å². The first-order chi connectivity index (χ1) is 12.9. The molecule has 0 radical (unpaired) electrons. The quantitative estimate of drug-likeness (QED) is 0.669. The van der Waals surface area contributed by atoms with Gasteiger partial charge < -0.3 is 5.32 Å². The largest absolute Gasteiger partial charge is 0.324 e. The summed E-state index contributed by atoms with van der Waals surface area (Å²) in [7, 11) is 1.94. The van der Waals surface area contributed by atoms with Crippen molar-refractivity contribution >= 4 is 22.9 Å². The number of thiazole rings is 1. The predicted octanol–water partition coefficient (Wildman–Crippen LogP) is 4.81. The number of aromatic nitrogens is 1. The summed E-state index contributed by atoms with van der Waals surface area (Å²) in [6, 6.07) is 14.3. The summed E-state index contributed by atoms with van der Waals surface area (Å²) in [6.07, 6.45) is 0. The molecule has 0 spiro atoms. The van der Waals surface area contributed by atoms with Crippen molar-refractivity contribution in [2.24, 2.45) is 0 Å². The normalized spacial score (nSPS) is 11.0. The number of likely N-dealkylation sites (N-methyl/N-ethyl adjacent to an activating group) is 1. The summed E-state index contributed by atoms with van der Waals surface area (Å²) >= 11 is 1.63. The molecule has 0 saturated carbocycles. The van der Waals surface area contributed by atoms with Gasteiger partial charge in [0.05, 0.1) is 18.8 Å². The Hall–Kier alpha value is -2.50. The Morgan fingerprint density at radius 2 is 1.78 bits per heavy atom. The highest BCUT2D eigenvalue weighted by Crippen LogP contribution is 2.23. The van der Waals surface area contributed by atoms with Crippen LogP contribution in [0.25, 0.3) is 11.3 Å². The van der Waals surface area contributed by atoms with Gasteiger partial charge in [0.15, 0.2) is 0 Å². The van der Waals surface area contributed by atoms with Gasteiger partial charge in [0.1, 0.15) is 5.01 Å². The van der Waals surface area contributed by atoms with Gasteiger partial charge in [0, 0.05) is 16.6 Å². The molecule has 0 aliphatic carbocycles. The number of nitrogens with zero attached hydrogens (tertiary/aromatic N) is 2. The van der Waals surface area contributed by atoms with Crippen LogP contribution in [0.1, 0.15) is 21.7 Å². The number of anilines is 1. The van der Waals surface area contributed by atoms with Gasteiger partial charge in [-0.15, -0.1) is 11.3 Å². The first-order valence-electron chi connectivity index (χ1n) is 8.98. The number of hydrogen-bond donors (Lipinski definition) is 1. The fourth-order valence-electron chi connectivity index (χ4n) is 3.21. The molecule has 0 fully saturated rings. The van der Waals surface area contributed by atoms with Gasteiger partial charge in [-0.3, -0.25) is 9.69 Å². The minimum atomic E-state index is -0.00704. The highest BCUT2D eigenvalue weighted by Gasteiger charge is 2.13. The van der Waals surface area contributed by atoms with Crippen LogP contribution < -0.4 is 5.32 Å². The van der Waals surface area contributed by atoms with E-state index in [1.165, 1.54) is 5.56 Å². The van der Waals surface area contributed by atoms with E-state index in [2.05, 4.69) is 41.9 Å². The maximum atomic E-state index is 12.5. The molecule has 3 rings (SSSR count). The predicted molar refractivity (Wildman–Crippen MR) is 113 cm³/mol. The molecule has 1 N–H and O–H groups in total. The van der Waals surface area contributed by atoms with Crippen molar-refractivity contribution in [2.75, 3.05) is 18.9 Å². The van der Waals surface area contributed by atoms with E-state index in [1.54, 1.807) is 11.3 Å². The fraction of sp³-hybridized carbons (Fsp3) is 0.273. The summed E-state index contributed by atoms with van der Waals surface area (Å²) in [5.74, 6) is -0.00704. The van der Waals surface area contributed by atoms with Gasteiger partial charge in [-0.2, -0.15) is 0 Å². The monoisotopic (exact) mass is 379 g/mol. The molecule has 5 heteroatoms. The molecule has 140 valence electrons. The number of carbonyl (C=O) groups is 1. The van der Waals surface area contributed by atoms with Crippen molar-refractivity contribution in [3.8, 4) is 11.3 Å². The zero-order valence-corrected chi connectivity index (χ0v) is 17.1. The van der Waals surface area contributed by atoms with Gasteiger partial charge in [0.25, 0.3) is 0 Å². The summed E-state index contributed by atoms with van der Waals surface area (Å²) in [5, 5.41) is 6.13. The molecule has 0 aliphatic heterocycles. The third kappa shape index (κ3) is 5.02. The zero-order valence-electron chi connectivity index (χ0n) is 16.2. The second kappa shape index (κ2) is 8.46. The molecule has 3 aromatic rings. The highest BCUT2D eigenvalue weighted by atomic mass is 32.1. The number of benzene rings is 2. The number of rotatable bonds is 6. The second-order valence-electron chi connectivity index (χ2n) is 6.99. The van der Waals surface area contributed by atoms with Crippen molar-refractivity contribution in [3.63, 3.8) is 0 Å². The van der Waals surface area contributed by atoms with E-state index < -0.39 is 0 Å². The molecule has 0 aliphatic rings. The van der Waals surface area contributed by atoms with Crippen molar-refractivity contribution in [1.82, 2.24) is 9.88 Å². The fourth-order valence-corrected chi connectivity index (χ4v) is 4.10. The number of aryl methyl sites for hydroxylation is 3. The lowest BCUT2D eigenvalue weighted by Gasteiger charge is -2.17. The lowest BCUT2D eigenvalue weighted by Crippen LogP contribution is -2.30. The summed E-state index contributed by atoms with van der Waals surface area (Å²) in [6.45, 7) is 7.10. The van der Waals surface area contributed by atoms with E-state index in [9.17, 15) is 4.79 Å². The Labute approximate surface area is 164 Å². The Kier molecular flexibility index (Phi) is 6.04. The average molecular weight is 380 g/mol. The molecule has 2 aromatic carbocycles. The molecule has 0 bridgehead atoms. The molecular formula is C22H25N3OS. The average Bonchev–Trinajstić information content (AvgIpc) is 3.07. The molecule has 0 saturated heterocycles. The Morgan fingerprint density at radius 3 is 2.44 bits per heavy atom. The smallest absolute Gasteiger partial charge is 0.238 e. The van der Waals surface area contributed by atoms with Crippen LogP contribution in [0, 0.1) is 20.8 Å². The zero-order chi connectivity index (χ0) is 19.4. The SMILES string of the molecule is Cc1cc(C)c(NC(=O)CN(C)Cc2nc(-c3ccccc3)cs2)c(C)c1. The van der Waals surface area contributed by atoms with Crippen molar-refractivity contribution in [3.05, 3.63) is 69.5 Å². The first kappa shape index (κ1) is 19.3. The molecule has 1 heterocycles. The van der Waals surface area contributed by atoms with Crippen LogP contribution in [0.3, 0.4) is 0 Å². The third-order valence-corrected chi connectivity index (χ3v) is 5.22. The minimum Gasteiger partial charge on any atom is -0.324 e. The third-order valence-electron chi connectivity index (χ3n) is 4.38. The van der Waals surface area contributed by atoms with Gasteiger partial charge in [-0.25, -0.2) is 4.98 Å². The molecule has 27 heavy (non-hydrogen) atoms. The Balaban J connectivity index is 1.59. The summed E-state index contributed by atoms with van der Waals surface area (Å²) < 4.78 is 0. The van der Waals surface area contributed by atoms with Crippen LogP contribution in [-0.4, -0.2) is 29.4 Å². The summed E-state index contributed by atoms with van der Waals surface area (Å²) in [4.78, 5) is 19.1. The van der Waals surface area contributed by atoms with Crippen molar-refractivity contribution in [2.45, 2.75) is 27.3 Å². The molecule has 1 aromatic heterocycles. The van der Waals surface area contributed by atoms with E-state index in [1.807, 2.05) is 44.0 Å². The molecule has 0 unspecified atom stereocenters. The standard InChI is InChI=1S/C22H25N3OS/c1-15-10-16(2)22(17(3)11-15)24-20(26)12-25(4)13-21-23-19(14-27-21)18-8-6-5-7-9-18/h5-11,14H,12-13H2,1-4H3,(H,24,26). The van der Waals surface area contributed by atoms with Crippen LogP contribution in [0.2, 0.25) is 0 Å². The summed E-state index contributed by atoms with van der Waals surface area (Å²) in [5.41, 5.74) is 6.41. The van der Waals surface area contributed by atoms with Crippen LogP contribution in [-0.2, 0) is 11.3 Å². The van der Waals surface area contributed by atoms with E-state index in [-0.39, 0.29) is 5.91 Å². The number of hydrogen-bond acceptors (Lipinski definition) is 4. The lowest BCUT2D eigenvalue weighted by atomic mass is 10.1. The van der Waals surface area contributed by atoms with Gasteiger partial charge in [0.2, 0.25) is 5.91 Å². The van der Waals surface area contributed by atoms with Crippen LogP contribution in [0.15, 0.2) is 47.8 Å². The van der Waals surface area contributed by atoms with E-state index in [0.29, 0.717) is 13.1 Å². The minimum absolute atomic E-state index is 0.00704. The van der Waals surface area contributed by atoms with Crippen LogP contribution in [0.5, 0.6) is 0 Å². The molecule has 0 atom stereocenters. The van der Waals surface area contributed by atoms with Crippen LogP contribution in [0.4, 0.5) is 5.69 Å².